The van der Waals surface area contributed by atoms with Gasteiger partial charge < -0.3 is 9.88 Å². The summed E-state index contributed by atoms with van der Waals surface area (Å²) in [5, 5.41) is 4.98. The molecule has 0 unspecified atom stereocenters. The number of benzene rings is 2. The summed E-state index contributed by atoms with van der Waals surface area (Å²) in [5.74, 6) is 0.478. The van der Waals surface area contributed by atoms with E-state index in [1.165, 1.54) is 4.88 Å². The summed E-state index contributed by atoms with van der Waals surface area (Å²) in [5.41, 5.74) is 3.02. The zero-order valence-corrected chi connectivity index (χ0v) is 19.5. The van der Waals surface area contributed by atoms with Gasteiger partial charge in [-0.25, -0.2) is 13.4 Å². The molecule has 0 radical (unpaired) electrons. The molecule has 0 saturated carbocycles. The number of aromatic nitrogens is 2. The van der Waals surface area contributed by atoms with Gasteiger partial charge in [0.2, 0.25) is 10.0 Å². The SMILES string of the molecule is Cc1nc2cc(NS(C)(=O)=O)cc(C(=O)NCCc3cccs3)c2n1Cc1ccccc1. The molecule has 0 aliphatic carbocycles. The highest BCUT2D eigenvalue weighted by Crippen LogP contribution is 2.27. The molecule has 4 aromatic rings. The fourth-order valence-electron chi connectivity index (χ4n) is 3.64. The first-order valence-corrected chi connectivity index (χ1v) is 12.9. The normalized spacial score (nSPS) is 11.6. The van der Waals surface area contributed by atoms with E-state index in [0.717, 1.165) is 24.1 Å². The zero-order valence-electron chi connectivity index (χ0n) is 17.8. The number of hydrogen-bond donors (Lipinski definition) is 2. The molecule has 9 heteroatoms. The lowest BCUT2D eigenvalue weighted by Crippen LogP contribution is -2.26. The summed E-state index contributed by atoms with van der Waals surface area (Å²) in [6.07, 6.45) is 1.81. The van der Waals surface area contributed by atoms with E-state index in [1.54, 1.807) is 23.5 Å². The number of fused-ring (bicyclic) bond motifs is 1. The third kappa shape index (κ3) is 5.17. The van der Waals surface area contributed by atoms with E-state index in [4.69, 9.17) is 0 Å². The first-order chi connectivity index (χ1) is 15.3. The molecule has 0 saturated heterocycles. The van der Waals surface area contributed by atoms with E-state index in [0.29, 0.717) is 35.4 Å². The molecule has 2 aromatic carbocycles. The van der Waals surface area contributed by atoms with Crippen LogP contribution in [-0.2, 0) is 23.0 Å². The summed E-state index contributed by atoms with van der Waals surface area (Å²) in [6.45, 7) is 2.92. The Morgan fingerprint density at radius 1 is 1.12 bits per heavy atom. The summed E-state index contributed by atoms with van der Waals surface area (Å²) in [4.78, 5) is 19.0. The number of thiophene rings is 1. The van der Waals surface area contributed by atoms with Crippen molar-refractivity contribution < 1.29 is 13.2 Å². The number of amides is 1. The van der Waals surface area contributed by atoms with Crippen LogP contribution < -0.4 is 10.0 Å². The lowest BCUT2D eigenvalue weighted by molar-refractivity contribution is 0.0955. The zero-order chi connectivity index (χ0) is 22.7. The number of rotatable bonds is 8. The first-order valence-electron chi connectivity index (χ1n) is 10.1. The minimum absolute atomic E-state index is 0.266. The largest absolute Gasteiger partial charge is 0.352 e. The van der Waals surface area contributed by atoms with Gasteiger partial charge in [0.25, 0.3) is 5.91 Å². The Morgan fingerprint density at radius 3 is 2.59 bits per heavy atom. The van der Waals surface area contributed by atoms with E-state index in [-0.39, 0.29) is 5.91 Å². The molecule has 0 fully saturated rings. The van der Waals surface area contributed by atoms with Gasteiger partial charge in [0.15, 0.2) is 0 Å². The maximum Gasteiger partial charge on any atom is 0.253 e. The van der Waals surface area contributed by atoms with Crippen LogP contribution in [0.25, 0.3) is 11.0 Å². The summed E-state index contributed by atoms with van der Waals surface area (Å²) < 4.78 is 28.1. The van der Waals surface area contributed by atoms with Crippen LogP contribution in [0.5, 0.6) is 0 Å². The van der Waals surface area contributed by atoms with Crippen molar-refractivity contribution in [2.75, 3.05) is 17.5 Å². The van der Waals surface area contributed by atoms with E-state index >= 15 is 0 Å². The van der Waals surface area contributed by atoms with Crippen LogP contribution in [0.4, 0.5) is 5.69 Å². The number of carbonyl (C=O) groups excluding carboxylic acids is 1. The van der Waals surface area contributed by atoms with Crippen molar-refractivity contribution in [2.24, 2.45) is 0 Å². The number of aryl methyl sites for hydroxylation is 1. The fourth-order valence-corrected chi connectivity index (χ4v) is 4.89. The molecular formula is C23H24N4O3S2. The highest BCUT2D eigenvalue weighted by atomic mass is 32.2. The first kappa shape index (κ1) is 22.0. The second-order valence-electron chi connectivity index (χ2n) is 7.58. The Labute approximate surface area is 191 Å². The molecule has 32 heavy (non-hydrogen) atoms. The number of nitrogens with zero attached hydrogens (tertiary/aromatic N) is 2. The maximum atomic E-state index is 13.2. The average Bonchev–Trinajstić information content (AvgIpc) is 3.35. The van der Waals surface area contributed by atoms with Crippen molar-refractivity contribution in [2.45, 2.75) is 19.9 Å². The average molecular weight is 469 g/mol. The Kier molecular flexibility index (Phi) is 6.29. The monoisotopic (exact) mass is 468 g/mol. The van der Waals surface area contributed by atoms with Crippen LogP contribution in [0.1, 0.15) is 26.6 Å². The van der Waals surface area contributed by atoms with Gasteiger partial charge >= 0.3 is 0 Å². The molecule has 2 aromatic heterocycles. The number of sulfonamides is 1. The third-order valence-electron chi connectivity index (χ3n) is 5.00. The standard InChI is InChI=1S/C23H24N4O3S2/c1-16-25-21-14-18(26-32(2,29)30)13-20(23(28)24-11-10-19-9-6-12-31-19)22(21)27(16)15-17-7-4-3-5-8-17/h3-9,12-14,26H,10-11,15H2,1-2H3,(H,24,28). The molecule has 2 N–H and O–H groups in total. The fraction of sp³-hybridized carbons (Fsp3) is 0.217. The van der Waals surface area contributed by atoms with E-state index in [2.05, 4.69) is 15.0 Å². The molecule has 0 aliphatic rings. The summed E-state index contributed by atoms with van der Waals surface area (Å²) in [6, 6.07) is 17.2. The lowest BCUT2D eigenvalue weighted by Gasteiger charge is -2.13. The van der Waals surface area contributed by atoms with Crippen LogP contribution in [0, 0.1) is 6.92 Å². The molecule has 0 bridgehead atoms. The molecule has 166 valence electrons. The van der Waals surface area contributed by atoms with Crippen molar-refractivity contribution >= 4 is 44.0 Å². The van der Waals surface area contributed by atoms with Gasteiger partial charge in [-0.3, -0.25) is 9.52 Å². The smallest absolute Gasteiger partial charge is 0.253 e. The van der Waals surface area contributed by atoms with Gasteiger partial charge in [-0.05, 0) is 42.5 Å². The van der Waals surface area contributed by atoms with Crippen molar-refractivity contribution in [3.8, 4) is 0 Å². The number of imidazole rings is 1. The van der Waals surface area contributed by atoms with Gasteiger partial charge in [0, 0.05) is 18.0 Å². The van der Waals surface area contributed by atoms with E-state index in [1.807, 2.05) is 59.3 Å². The number of nitrogens with one attached hydrogen (secondary N) is 2. The van der Waals surface area contributed by atoms with Crippen LogP contribution in [0.3, 0.4) is 0 Å². The third-order valence-corrected chi connectivity index (χ3v) is 6.54. The number of carbonyl (C=O) groups is 1. The Bertz CT molecular complexity index is 1350. The Hall–Kier alpha value is -3.17. The minimum Gasteiger partial charge on any atom is -0.352 e. The van der Waals surface area contributed by atoms with Gasteiger partial charge in [-0.1, -0.05) is 36.4 Å². The van der Waals surface area contributed by atoms with Crippen molar-refractivity contribution in [1.29, 1.82) is 0 Å². The molecule has 1 amide bonds. The topological polar surface area (TPSA) is 93.1 Å². The minimum atomic E-state index is -3.50. The van der Waals surface area contributed by atoms with Crippen LogP contribution in [-0.4, -0.2) is 36.7 Å². The Balaban J connectivity index is 1.73. The molecule has 0 atom stereocenters. The van der Waals surface area contributed by atoms with Crippen LogP contribution in [0.15, 0.2) is 60.0 Å². The maximum absolute atomic E-state index is 13.2. The molecular weight excluding hydrogens is 444 g/mol. The lowest BCUT2D eigenvalue weighted by atomic mass is 10.1. The highest BCUT2D eigenvalue weighted by molar-refractivity contribution is 7.92. The van der Waals surface area contributed by atoms with Crippen LogP contribution in [0.2, 0.25) is 0 Å². The predicted molar refractivity (Wildman–Crippen MR) is 129 cm³/mol. The number of anilines is 1. The van der Waals surface area contributed by atoms with Crippen LogP contribution >= 0.6 is 11.3 Å². The molecule has 0 aliphatic heterocycles. The summed E-state index contributed by atoms with van der Waals surface area (Å²) in [7, 11) is -3.50. The van der Waals surface area contributed by atoms with E-state index < -0.39 is 10.0 Å². The van der Waals surface area contributed by atoms with Gasteiger partial charge in [-0.2, -0.15) is 0 Å². The van der Waals surface area contributed by atoms with Crippen molar-refractivity contribution in [3.63, 3.8) is 0 Å². The van der Waals surface area contributed by atoms with Crippen molar-refractivity contribution in [1.82, 2.24) is 14.9 Å². The van der Waals surface area contributed by atoms with Gasteiger partial charge in [-0.15, -0.1) is 11.3 Å². The second kappa shape index (κ2) is 9.13. The molecule has 0 spiro atoms. The van der Waals surface area contributed by atoms with E-state index in [9.17, 15) is 13.2 Å². The molecule has 7 nitrogen and oxygen atoms in total. The van der Waals surface area contributed by atoms with Crippen molar-refractivity contribution in [3.05, 3.63) is 81.8 Å². The van der Waals surface area contributed by atoms with Gasteiger partial charge in [0.1, 0.15) is 5.82 Å². The predicted octanol–water partition coefficient (Wildman–Crippen LogP) is 3.80. The quantitative estimate of drug-likeness (QED) is 0.411. The number of hydrogen-bond acceptors (Lipinski definition) is 5. The second-order valence-corrected chi connectivity index (χ2v) is 10.4. The summed E-state index contributed by atoms with van der Waals surface area (Å²) >= 11 is 1.65. The highest BCUT2D eigenvalue weighted by Gasteiger charge is 2.19. The van der Waals surface area contributed by atoms with Gasteiger partial charge in [0.05, 0.1) is 28.5 Å². The molecule has 4 rings (SSSR count). The Morgan fingerprint density at radius 2 is 1.91 bits per heavy atom. The molecule has 2 heterocycles.